The van der Waals surface area contributed by atoms with Crippen molar-refractivity contribution >= 4 is 23.6 Å². The molecule has 0 heterocycles. The molecule has 0 amide bonds. The third-order valence-electron chi connectivity index (χ3n) is 1.71. The van der Waals surface area contributed by atoms with Gasteiger partial charge in [0.25, 0.3) is 0 Å². The zero-order valence-electron chi connectivity index (χ0n) is 7.49. The van der Waals surface area contributed by atoms with E-state index >= 15 is 0 Å². The van der Waals surface area contributed by atoms with Crippen LogP contribution < -0.4 is 0 Å². The fraction of sp³-hybridized carbons (Fsp3) is 0.100. The summed E-state index contributed by atoms with van der Waals surface area (Å²) in [6.45, 7) is 1.76. The van der Waals surface area contributed by atoms with Gasteiger partial charge in [-0.15, -0.1) is 0 Å². The van der Waals surface area contributed by atoms with Gasteiger partial charge in [-0.25, -0.2) is 4.79 Å². The van der Waals surface area contributed by atoms with Crippen LogP contribution >= 0.6 is 11.6 Å². The zero-order valence-corrected chi connectivity index (χ0v) is 8.25. The van der Waals surface area contributed by atoms with Gasteiger partial charge in [-0.1, -0.05) is 11.6 Å². The summed E-state index contributed by atoms with van der Waals surface area (Å²) in [5.41, 5.74) is 1.14. The van der Waals surface area contributed by atoms with E-state index in [0.717, 1.165) is 11.6 Å². The number of aliphatic carboxylic acids is 1. The first-order chi connectivity index (χ1) is 6.50. The van der Waals surface area contributed by atoms with Crippen molar-refractivity contribution in [3.63, 3.8) is 0 Å². The van der Waals surface area contributed by atoms with Crippen molar-refractivity contribution in [2.45, 2.75) is 6.92 Å². The molecule has 0 atom stereocenters. The Morgan fingerprint density at radius 1 is 1.50 bits per heavy atom. The number of rotatable bonds is 2. The molecule has 14 heavy (non-hydrogen) atoms. The lowest BCUT2D eigenvalue weighted by molar-refractivity contribution is -0.131. The van der Waals surface area contributed by atoms with Crippen molar-refractivity contribution in [2.75, 3.05) is 0 Å². The first-order valence-corrected chi connectivity index (χ1v) is 4.28. The molecule has 0 fully saturated rings. The van der Waals surface area contributed by atoms with E-state index in [1.54, 1.807) is 6.92 Å². The summed E-state index contributed by atoms with van der Waals surface area (Å²) in [5, 5.41) is 18.3. The van der Waals surface area contributed by atoms with Crippen molar-refractivity contribution in [3.8, 4) is 5.75 Å². The minimum Gasteiger partial charge on any atom is -0.507 e. The van der Waals surface area contributed by atoms with Gasteiger partial charge in [0.2, 0.25) is 0 Å². The largest absolute Gasteiger partial charge is 0.507 e. The maximum absolute atomic E-state index is 10.2. The van der Waals surface area contributed by atoms with Crippen LogP contribution in [0.2, 0.25) is 5.02 Å². The van der Waals surface area contributed by atoms with Gasteiger partial charge in [0.15, 0.2) is 0 Å². The topological polar surface area (TPSA) is 57.5 Å². The zero-order chi connectivity index (χ0) is 10.7. The van der Waals surface area contributed by atoms with Gasteiger partial charge in [0.05, 0.1) is 0 Å². The lowest BCUT2D eigenvalue weighted by atomic mass is 10.1. The summed E-state index contributed by atoms with van der Waals surface area (Å²) >= 11 is 5.81. The van der Waals surface area contributed by atoms with Crippen LogP contribution in [-0.2, 0) is 4.79 Å². The molecule has 0 saturated carbocycles. The van der Waals surface area contributed by atoms with Crippen molar-refractivity contribution in [1.82, 2.24) is 0 Å². The molecular formula is C10H9ClO3. The van der Waals surface area contributed by atoms with E-state index in [1.165, 1.54) is 18.2 Å². The summed E-state index contributed by atoms with van der Waals surface area (Å²) in [6, 6.07) is 3.01. The summed E-state index contributed by atoms with van der Waals surface area (Å²) in [6.07, 6.45) is 2.24. The molecule has 3 nitrogen and oxygen atoms in total. The summed E-state index contributed by atoms with van der Waals surface area (Å²) in [7, 11) is 0. The molecule has 0 aliphatic carbocycles. The molecule has 2 N–H and O–H groups in total. The fourth-order valence-corrected chi connectivity index (χ4v) is 1.15. The van der Waals surface area contributed by atoms with Gasteiger partial charge in [-0.2, -0.15) is 0 Å². The van der Waals surface area contributed by atoms with Crippen molar-refractivity contribution in [2.24, 2.45) is 0 Å². The number of carboxylic acid groups (broad SMARTS) is 1. The second-order valence-electron chi connectivity index (χ2n) is 2.83. The van der Waals surface area contributed by atoms with Gasteiger partial charge < -0.3 is 10.2 Å². The summed E-state index contributed by atoms with van der Waals surface area (Å²) in [4.78, 5) is 10.2. The van der Waals surface area contributed by atoms with Crippen LogP contribution in [0.5, 0.6) is 5.75 Å². The van der Waals surface area contributed by atoms with Gasteiger partial charge in [0.1, 0.15) is 5.75 Å². The lowest BCUT2D eigenvalue weighted by Crippen LogP contribution is -1.86. The number of benzene rings is 1. The Morgan fingerprint density at radius 2 is 2.14 bits per heavy atom. The number of carboxylic acids is 1. The smallest absolute Gasteiger partial charge is 0.328 e. The summed E-state index contributed by atoms with van der Waals surface area (Å²) < 4.78 is 0. The van der Waals surface area contributed by atoms with E-state index in [9.17, 15) is 9.90 Å². The number of halogens is 1. The Labute approximate surface area is 86.3 Å². The SMILES string of the molecule is Cc1cc(O)c(/C=C/C(=O)O)cc1Cl. The lowest BCUT2D eigenvalue weighted by Gasteiger charge is -2.02. The molecule has 1 rings (SSSR count). The average Bonchev–Trinajstić information content (AvgIpc) is 2.09. The van der Waals surface area contributed by atoms with Crippen LogP contribution in [0.3, 0.4) is 0 Å². The van der Waals surface area contributed by atoms with E-state index in [4.69, 9.17) is 16.7 Å². The molecule has 0 saturated heterocycles. The van der Waals surface area contributed by atoms with E-state index in [1.807, 2.05) is 0 Å². The molecule has 0 spiro atoms. The first-order valence-electron chi connectivity index (χ1n) is 3.91. The molecule has 0 radical (unpaired) electrons. The van der Waals surface area contributed by atoms with E-state index < -0.39 is 5.97 Å². The molecular weight excluding hydrogens is 204 g/mol. The first kappa shape index (κ1) is 10.6. The molecule has 1 aromatic rings. The Hall–Kier alpha value is -1.48. The summed E-state index contributed by atoms with van der Waals surface area (Å²) in [5.74, 6) is -1.05. The van der Waals surface area contributed by atoms with E-state index in [-0.39, 0.29) is 5.75 Å². The second-order valence-corrected chi connectivity index (χ2v) is 3.24. The Balaban J connectivity index is 3.10. The monoisotopic (exact) mass is 212 g/mol. The van der Waals surface area contributed by atoms with Crippen molar-refractivity contribution < 1.29 is 15.0 Å². The standard InChI is InChI=1S/C10H9ClO3/c1-6-4-9(12)7(5-8(6)11)2-3-10(13)14/h2-5,12H,1H3,(H,13,14)/b3-2+. The van der Waals surface area contributed by atoms with Gasteiger partial charge in [0, 0.05) is 16.7 Å². The normalized spacial score (nSPS) is 10.7. The maximum Gasteiger partial charge on any atom is 0.328 e. The highest BCUT2D eigenvalue weighted by Gasteiger charge is 2.02. The number of carbonyl (C=O) groups is 1. The van der Waals surface area contributed by atoms with Crippen molar-refractivity contribution in [3.05, 3.63) is 34.4 Å². The minimum absolute atomic E-state index is 0.0180. The van der Waals surface area contributed by atoms with Crippen LogP contribution in [-0.4, -0.2) is 16.2 Å². The van der Waals surface area contributed by atoms with Crippen LogP contribution in [0.1, 0.15) is 11.1 Å². The van der Waals surface area contributed by atoms with Gasteiger partial charge in [-0.05, 0) is 30.7 Å². The third kappa shape index (κ3) is 2.50. The second kappa shape index (κ2) is 4.15. The fourth-order valence-electron chi connectivity index (χ4n) is 0.976. The molecule has 0 aliphatic heterocycles. The number of aryl methyl sites for hydroxylation is 1. The number of phenols is 1. The predicted octanol–water partition coefficient (Wildman–Crippen LogP) is 2.45. The van der Waals surface area contributed by atoms with Crippen LogP contribution in [0.15, 0.2) is 18.2 Å². The molecule has 4 heteroatoms. The molecule has 0 aliphatic rings. The Morgan fingerprint density at radius 3 is 2.71 bits per heavy atom. The third-order valence-corrected chi connectivity index (χ3v) is 2.12. The van der Waals surface area contributed by atoms with Crippen molar-refractivity contribution in [1.29, 1.82) is 0 Å². The molecule has 74 valence electrons. The Kier molecular flexibility index (Phi) is 3.14. The average molecular weight is 213 g/mol. The van der Waals surface area contributed by atoms with Gasteiger partial charge in [-0.3, -0.25) is 0 Å². The Bertz CT molecular complexity index is 397. The highest BCUT2D eigenvalue weighted by Crippen LogP contribution is 2.26. The quantitative estimate of drug-likeness (QED) is 0.741. The number of aromatic hydroxyl groups is 1. The number of hydrogen-bond donors (Lipinski definition) is 2. The van der Waals surface area contributed by atoms with Crippen LogP contribution in [0.4, 0.5) is 0 Å². The molecule has 0 bridgehead atoms. The number of hydrogen-bond acceptors (Lipinski definition) is 2. The van der Waals surface area contributed by atoms with Crippen LogP contribution in [0, 0.1) is 6.92 Å². The van der Waals surface area contributed by atoms with Gasteiger partial charge >= 0.3 is 5.97 Å². The van der Waals surface area contributed by atoms with E-state index in [2.05, 4.69) is 0 Å². The molecule has 0 aromatic heterocycles. The number of phenolic OH excluding ortho intramolecular Hbond substituents is 1. The highest BCUT2D eigenvalue weighted by atomic mass is 35.5. The maximum atomic E-state index is 10.2. The molecule has 0 unspecified atom stereocenters. The minimum atomic E-state index is -1.07. The highest BCUT2D eigenvalue weighted by molar-refractivity contribution is 6.31. The predicted molar refractivity (Wildman–Crippen MR) is 54.5 cm³/mol. The van der Waals surface area contributed by atoms with Crippen LogP contribution in [0.25, 0.3) is 6.08 Å². The molecule has 1 aromatic carbocycles. The van der Waals surface area contributed by atoms with E-state index in [0.29, 0.717) is 10.6 Å².